The standard InChI is InChI=1S/C11H13NO4/c1-16-11(15)8-6-12(7-3-2-4-7)10(14)5-9(8)13/h5-7,13H,2-4H2,1H3. The van der Waals surface area contributed by atoms with Gasteiger partial charge in [0.1, 0.15) is 11.3 Å². The van der Waals surface area contributed by atoms with E-state index in [0.29, 0.717) is 0 Å². The molecule has 2 rings (SSSR count). The molecule has 86 valence electrons. The van der Waals surface area contributed by atoms with Crippen molar-refractivity contribution in [2.75, 3.05) is 7.11 Å². The summed E-state index contributed by atoms with van der Waals surface area (Å²) in [5, 5.41) is 9.48. The summed E-state index contributed by atoms with van der Waals surface area (Å²) in [6.45, 7) is 0. The van der Waals surface area contributed by atoms with Gasteiger partial charge in [-0.25, -0.2) is 4.79 Å². The number of esters is 1. The fourth-order valence-electron chi connectivity index (χ4n) is 1.76. The Morgan fingerprint density at radius 1 is 1.56 bits per heavy atom. The fraction of sp³-hybridized carbons (Fsp3) is 0.455. The monoisotopic (exact) mass is 223 g/mol. The van der Waals surface area contributed by atoms with Crippen molar-refractivity contribution in [1.82, 2.24) is 4.57 Å². The van der Waals surface area contributed by atoms with Gasteiger partial charge < -0.3 is 14.4 Å². The molecule has 5 nitrogen and oxygen atoms in total. The molecule has 0 aliphatic heterocycles. The van der Waals surface area contributed by atoms with Crippen LogP contribution in [-0.4, -0.2) is 22.8 Å². The SMILES string of the molecule is COC(=O)c1cn(C2CCC2)c(=O)cc1O. The summed E-state index contributed by atoms with van der Waals surface area (Å²) in [4.78, 5) is 22.9. The number of methoxy groups -OCH3 is 1. The third-order valence-corrected chi connectivity index (χ3v) is 2.93. The van der Waals surface area contributed by atoms with E-state index in [4.69, 9.17) is 0 Å². The van der Waals surface area contributed by atoms with Gasteiger partial charge in [0.15, 0.2) is 0 Å². The highest BCUT2D eigenvalue weighted by molar-refractivity contribution is 5.91. The summed E-state index contributed by atoms with van der Waals surface area (Å²) in [6.07, 6.45) is 4.34. The van der Waals surface area contributed by atoms with Gasteiger partial charge in [0.05, 0.1) is 7.11 Å². The van der Waals surface area contributed by atoms with Crippen molar-refractivity contribution in [1.29, 1.82) is 0 Å². The van der Waals surface area contributed by atoms with Crippen LogP contribution >= 0.6 is 0 Å². The van der Waals surface area contributed by atoms with Gasteiger partial charge in [0.25, 0.3) is 5.56 Å². The highest BCUT2D eigenvalue weighted by Gasteiger charge is 2.23. The van der Waals surface area contributed by atoms with Crippen LogP contribution < -0.4 is 5.56 Å². The molecule has 1 aliphatic carbocycles. The average molecular weight is 223 g/mol. The number of carbonyl (C=O) groups excluding carboxylic acids is 1. The molecule has 1 heterocycles. The molecule has 1 fully saturated rings. The van der Waals surface area contributed by atoms with E-state index < -0.39 is 5.97 Å². The third-order valence-electron chi connectivity index (χ3n) is 2.93. The summed E-state index contributed by atoms with van der Waals surface area (Å²) < 4.78 is 6.02. The summed E-state index contributed by atoms with van der Waals surface area (Å²) in [5.41, 5.74) is -0.246. The summed E-state index contributed by atoms with van der Waals surface area (Å²) in [6, 6.07) is 1.21. The van der Waals surface area contributed by atoms with E-state index in [-0.39, 0.29) is 22.9 Å². The molecule has 1 aliphatic rings. The second kappa shape index (κ2) is 4.00. The van der Waals surface area contributed by atoms with Crippen molar-refractivity contribution in [2.24, 2.45) is 0 Å². The van der Waals surface area contributed by atoms with Gasteiger partial charge in [0, 0.05) is 18.3 Å². The first-order chi connectivity index (χ1) is 7.63. The Kier molecular flexibility index (Phi) is 2.68. The number of nitrogens with zero attached hydrogens (tertiary/aromatic N) is 1. The topological polar surface area (TPSA) is 68.5 Å². The molecule has 0 unspecified atom stereocenters. The van der Waals surface area contributed by atoms with Crippen LogP contribution in [-0.2, 0) is 4.74 Å². The average Bonchev–Trinajstić information content (AvgIpc) is 2.18. The molecule has 16 heavy (non-hydrogen) atoms. The van der Waals surface area contributed by atoms with E-state index in [1.807, 2.05) is 0 Å². The van der Waals surface area contributed by atoms with Gasteiger partial charge >= 0.3 is 5.97 Å². The molecule has 0 aromatic carbocycles. The molecule has 0 saturated heterocycles. The Bertz CT molecular complexity index is 473. The lowest BCUT2D eigenvalue weighted by Gasteiger charge is -2.27. The molecule has 0 radical (unpaired) electrons. The van der Waals surface area contributed by atoms with E-state index in [2.05, 4.69) is 4.74 Å². The number of aromatic nitrogens is 1. The van der Waals surface area contributed by atoms with Crippen LogP contribution in [0.3, 0.4) is 0 Å². The summed E-state index contributed by atoms with van der Waals surface area (Å²) in [5.74, 6) is -0.960. The minimum Gasteiger partial charge on any atom is -0.507 e. The summed E-state index contributed by atoms with van der Waals surface area (Å²) in [7, 11) is 1.24. The predicted molar refractivity (Wildman–Crippen MR) is 56.6 cm³/mol. The Labute approximate surface area is 92.3 Å². The first-order valence-electron chi connectivity index (χ1n) is 5.17. The molecule has 5 heteroatoms. The zero-order valence-electron chi connectivity index (χ0n) is 8.97. The number of hydrogen-bond donors (Lipinski definition) is 1. The van der Waals surface area contributed by atoms with Gasteiger partial charge in [-0.05, 0) is 19.3 Å². The van der Waals surface area contributed by atoms with Crippen molar-refractivity contribution < 1.29 is 14.6 Å². The smallest absolute Gasteiger partial charge is 0.343 e. The van der Waals surface area contributed by atoms with Crippen LogP contribution in [0.2, 0.25) is 0 Å². The summed E-state index contributed by atoms with van der Waals surface area (Å²) >= 11 is 0. The Balaban J connectivity index is 2.46. The molecule has 0 amide bonds. The molecular formula is C11H13NO4. The van der Waals surface area contributed by atoms with Crippen molar-refractivity contribution in [3.8, 4) is 5.75 Å². The molecule has 0 atom stereocenters. The predicted octanol–water partition coefficient (Wildman–Crippen LogP) is 1.07. The lowest BCUT2D eigenvalue weighted by atomic mass is 9.92. The minimum atomic E-state index is -0.634. The Morgan fingerprint density at radius 2 is 2.25 bits per heavy atom. The first kappa shape index (κ1) is 10.7. The highest BCUT2D eigenvalue weighted by atomic mass is 16.5. The highest BCUT2D eigenvalue weighted by Crippen LogP contribution is 2.31. The molecule has 1 saturated carbocycles. The van der Waals surface area contributed by atoms with Gasteiger partial charge in [-0.15, -0.1) is 0 Å². The quantitative estimate of drug-likeness (QED) is 0.761. The third kappa shape index (κ3) is 1.68. The zero-order chi connectivity index (χ0) is 11.7. The minimum absolute atomic E-state index is 0.0361. The molecule has 0 bridgehead atoms. The van der Waals surface area contributed by atoms with Crippen LogP contribution in [0.15, 0.2) is 17.1 Å². The molecule has 1 N–H and O–H groups in total. The van der Waals surface area contributed by atoms with E-state index >= 15 is 0 Å². The van der Waals surface area contributed by atoms with E-state index in [9.17, 15) is 14.7 Å². The number of aromatic hydroxyl groups is 1. The largest absolute Gasteiger partial charge is 0.507 e. The maximum Gasteiger partial charge on any atom is 0.343 e. The lowest BCUT2D eigenvalue weighted by Crippen LogP contribution is -2.29. The normalized spacial score (nSPS) is 15.6. The fourth-order valence-corrected chi connectivity index (χ4v) is 1.76. The first-order valence-corrected chi connectivity index (χ1v) is 5.17. The van der Waals surface area contributed by atoms with E-state index in [0.717, 1.165) is 25.3 Å². The number of rotatable bonds is 2. The van der Waals surface area contributed by atoms with Gasteiger partial charge in [-0.3, -0.25) is 4.79 Å². The van der Waals surface area contributed by atoms with Crippen LogP contribution in [0.25, 0.3) is 0 Å². The lowest BCUT2D eigenvalue weighted by molar-refractivity contribution is 0.0595. The molecule has 0 spiro atoms. The van der Waals surface area contributed by atoms with Crippen molar-refractivity contribution in [3.63, 3.8) is 0 Å². The van der Waals surface area contributed by atoms with Crippen LogP contribution in [0.1, 0.15) is 35.7 Å². The second-order valence-electron chi connectivity index (χ2n) is 3.89. The Morgan fingerprint density at radius 3 is 2.75 bits per heavy atom. The van der Waals surface area contributed by atoms with Crippen molar-refractivity contribution in [2.45, 2.75) is 25.3 Å². The number of ether oxygens (including phenoxy) is 1. The van der Waals surface area contributed by atoms with Gasteiger partial charge in [0.2, 0.25) is 0 Å². The second-order valence-corrected chi connectivity index (χ2v) is 3.89. The van der Waals surface area contributed by atoms with E-state index in [1.54, 1.807) is 0 Å². The van der Waals surface area contributed by atoms with Crippen LogP contribution in [0.4, 0.5) is 0 Å². The van der Waals surface area contributed by atoms with Gasteiger partial charge in [-0.1, -0.05) is 0 Å². The number of pyridine rings is 1. The van der Waals surface area contributed by atoms with Crippen molar-refractivity contribution >= 4 is 5.97 Å². The van der Waals surface area contributed by atoms with Gasteiger partial charge in [-0.2, -0.15) is 0 Å². The van der Waals surface area contributed by atoms with Crippen LogP contribution in [0, 0.1) is 0 Å². The Hall–Kier alpha value is -1.78. The van der Waals surface area contributed by atoms with E-state index in [1.165, 1.54) is 17.9 Å². The molecule has 1 aromatic rings. The number of carbonyl (C=O) groups is 1. The maximum absolute atomic E-state index is 11.6. The maximum atomic E-state index is 11.6. The molecule has 1 aromatic heterocycles. The zero-order valence-corrected chi connectivity index (χ0v) is 8.97. The van der Waals surface area contributed by atoms with Crippen molar-refractivity contribution in [3.05, 3.63) is 28.2 Å². The molecular weight excluding hydrogens is 210 g/mol. The number of hydrogen-bond acceptors (Lipinski definition) is 4. The van der Waals surface area contributed by atoms with Crippen LogP contribution in [0.5, 0.6) is 5.75 Å².